The molecular formula is C15H30N2O3S. The topological polar surface area (TPSA) is 66.5 Å². The van der Waals surface area contributed by atoms with E-state index in [-0.39, 0.29) is 18.5 Å². The summed E-state index contributed by atoms with van der Waals surface area (Å²) in [5, 5.41) is 2.83. The molecule has 1 saturated carbocycles. The molecule has 21 heavy (non-hydrogen) atoms. The summed E-state index contributed by atoms with van der Waals surface area (Å²) in [6.07, 6.45) is 10.5. The molecule has 1 N–H and O–H groups in total. The molecule has 1 fully saturated rings. The minimum absolute atomic E-state index is 0.0103. The van der Waals surface area contributed by atoms with Gasteiger partial charge in [0.25, 0.3) is 0 Å². The molecule has 1 rings (SSSR count). The number of amides is 1. The summed E-state index contributed by atoms with van der Waals surface area (Å²) in [5.41, 5.74) is 0. The average molecular weight is 318 g/mol. The molecule has 0 aromatic carbocycles. The monoisotopic (exact) mass is 318 g/mol. The first-order valence-corrected chi connectivity index (χ1v) is 10.0. The van der Waals surface area contributed by atoms with Gasteiger partial charge in [0.2, 0.25) is 15.9 Å². The highest BCUT2D eigenvalue weighted by atomic mass is 32.2. The Hall–Kier alpha value is -0.620. The maximum Gasteiger partial charge on any atom is 0.235 e. The Morgan fingerprint density at radius 3 is 2.29 bits per heavy atom. The van der Waals surface area contributed by atoms with Crippen molar-refractivity contribution < 1.29 is 13.2 Å². The summed E-state index contributed by atoms with van der Waals surface area (Å²) >= 11 is 0. The highest BCUT2D eigenvalue weighted by Gasteiger charge is 2.29. The molecule has 5 nitrogen and oxygen atoms in total. The second-order valence-electron chi connectivity index (χ2n) is 6.01. The average Bonchev–Trinajstić information content (AvgIpc) is 2.68. The fraction of sp³-hybridized carbons (Fsp3) is 0.933. The Morgan fingerprint density at radius 1 is 1.14 bits per heavy atom. The highest BCUT2D eigenvalue weighted by molar-refractivity contribution is 7.88. The van der Waals surface area contributed by atoms with Crippen LogP contribution in [0.15, 0.2) is 0 Å². The van der Waals surface area contributed by atoms with Gasteiger partial charge in [-0.1, -0.05) is 45.4 Å². The van der Waals surface area contributed by atoms with E-state index in [0.717, 1.165) is 57.8 Å². The van der Waals surface area contributed by atoms with Crippen molar-refractivity contribution in [3.63, 3.8) is 0 Å². The van der Waals surface area contributed by atoms with E-state index in [2.05, 4.69) is 12.2 Å². The Balaban J connectivity index is 2.55. The summed E-state index contributed by atoms with van der Waals surface area (Å²) < 4.78 is 25.4. The van der Waals surface area contributed by atoms with Crippen LogP contribution in [0.2, 0.25) is 0 Å². The summed E-state index contributed by atoms with van der Waals surface area (Å²) in [7, 11) is -3.34. The Bertz CT molecular complexity index is 401. The maximum atomic E-state index is 12.0. The van der Waals surface area contributed by atoms with Crippen molar-refractivity contribution in [2.45, 2.75) is 70.8 Å². The molecule has 0 unspecified atom stereocenters. The van der Waals surface area contributed by atoms with Crippen molar-refractivity contribution in [3.8, 4) is 0 Å². The van der Waals surface area contributed by atoms with Crippen LogP contribution in [0.5, 0.6) is 0 Å². The lowest BCUT2D eigenvalue weighted by Gasteiger charge is -2.28. The zero-order valence-corrected chi connectivity index (χ0v) is 14.3. The van der Waals surface area contributed by atoms with Gasteiger partial charge in [-0.05, 0) is 19.3 Å². The Kier molecular flexibility index (Phi) is 8.26. The van der Waals surface area contributed by atoms with Crippen molar-refractivity contribution >= 4 is 15.9 Å². The van der Waals surface area contributed by atoms with Crippen LogP contribution in [0.4, 0.5) is 0 Å². The molecule has 1 aliphatic rings. The van der Waals surface area contributed by atoms with Crippen molar-refractivity contribution in [1.29, 1.82) is 0 Å². The molecule has 0 saturated heterocycles. The van der Waals surface area contributed by atoms with Crippen molar-refractivity contribution in [2.24, 2.45) is 0 Å². The van der Waals surface area contributed by atoms with Gasteiger partial charge in [-0.3, -0.25) is 4.79 Å². The first-order valence-electron chi connectivity index (χ1n) is 8.18. The molecule has 0 aromatic rings. The molecule has 1 amide bonds. The SMILES string of the molecule is CCCCCNC(=O)CN(C1CCCCCC1)S(C)(=O)=O. The Labute approximate surface area is 129 Å². The minimum atomic E-state index is -3.34. The Morgan fingerprint density at radius 2 is 1.76 bits per heavy atom. The normalized spacial score (nSPS) is 17.7. The fourth-order valence-corrected chi connectivity index (χ4v) is 3.97. The smallest absolute Gasteiger partial charge is 0.235 e. The zero-order valence-electron chi connectivity index (χ0n) is 13.4. The van der Waals surface area contributed by atoms with E-state index < -0.39 is 10.0 Å². The summed E-state index contributed by atoms with van der Waals surface area (Å²) in [5.74, 6) is -0.180. The van der Waals surface area contributed by atoms with Gasteiger partial charge in [0.05, 0.1) is 12.8 Å². The lowest BCUT2D eigenvalue weighted by molar-refractivity contribution is -0.121. The fourth-order valence-electron chi connectivity index (χ4n) is 2.86. The molecule has 1 aliphatic carbocycles. The first kappa shape index (κ1) is 18.4. The van der Waals surface area contributed by atoms with Crippen molar-refractivity contribution in [2.75, 3.05) is 19.3 Å². The molecule has 0 aromatic heterocycles. The van der Waals surface area contributed by atoms with Crippen LogP contribution in [-0.4, -0.2) is 44.0 Å². The van der Waals surface area contributed by atoms with E-state index in [1.807, 2.05) is 0 Å². The van der Waals surface area contributed by atoms with E-state index >= 15 is 0 Å². The largest absolute Gasteiger partial charge is 0.355 e. The van der Waals surface area contributed by atoms with Gasteiger partial charge in [-0.25, -0.2) is 8.42 Å². The lowest BCUT2D eigenvalue weighted by Crippen LogP contribution is -2.46. The van der Waals surface area contributed by atoms with E-state index in [1.54, 1.807) is 0 Å². The van der Waals surface area contributed by atoms with Gasteiger partial charge in [-0.15, -0.1) is 0 Å². The van der Waals surface area contributed by atoms with Gasteiger partial charge in [0, 0.05) is 12.6 Å². The van der Waals surface area contributed by atoms with Crippen LogP contribution in [0.3, 0.4) is 0 Å². The predicted octanol–water partition coefficient (Wildman–Crippen LogP) is 2.28. The maximum absolute atomic E-state index is 12.0. The number of rotatable bonds is 8. The third-order valence-electron chi connectivity index (χ3n) is 4.06. The van der Waals surface area contributed by atoms with Crippen LogP contribution >= 0.6 is 0 Å². The molecule has 0 bridgehead atoms. The summed E-state index contributed by atoms with van der Waals surface area (Å²) in [4.78, 5) is 12.0. The number of hydrogen-bond donors (Lipinski definition) is 1. The molecule has 0 spiro atoms. The number of carbonyl (C=O) groups is 1. The molecule has 0 heterocycles. The zero-order chi connectivity index (χ0) is 15.7. The second-order valence-corrected chi connectivity index (χ2v) is 7.95. The van der Waals surface area contributed by atoms with Gasteiger partial charge in [0.15, 0.2) is 0 Å². The molecule has 0 aliphatic heterocycles. The number of unbranched alkanes of at least 4 members (excludes halogenated alkanes) is 2. The van der Waals surface area contributed by atoms with Gasteiger partial charge >= 0.3 is 0 Å². The molecular weight excluding hydrogens is 288 g/mol. The number of hydrogen-bond acceptors (Lipinski definition) is 3. The lowest BCUT2D eigenvalue weighted by atomic mass is 10.1. The van der Waals surface area contributed by atoms with E-state index in [1.165, 1.54) is 10.6 Å². The van der Waals surface area contributed by atoms with Crippen LogP contribution < -0.4 is 5.32 Å². The van der Waals surface area contributed by atoms with Crippen LogP contribution in [-0.2, 0) is 14.8 Å². The van der Waals surface area contributed by atoms with E-state index in [0.29, 0.717) is 6.54 Å². The van der Waals surface area contributed by atoms with E-state index in [9.17, 15) is 13.2 Å². The molecule has 124 valence electrons. The third kappa shape index (κ3) is 7.27. The molecule has 6 heteroatoms. The number of nitrogens with zero attached hydrogens (tertiary/aromatic N) is 1. The molecule has 0 atom stereocenters. The van der Waals surface area contributed by atoms with Crippen molar-refractivity contribution in [3.05, 3.63) is 0 Å². The number of carbonyl (C=O) groups excluding carboxylic acids is 1. The first-order chi connectivity index (χ1) is 9.95. The minimum Gasteiger partial charge on any atom is -0.355 e. The summed E-state index contributed by atoms with van der Waals surface area (Å²) in [6.45, 7) is 2.71. The van der Waals surface area contributed by atoms with Gasteiger partial charge in [0.1, 0.15) is 0 Å². The van der Waals surface area contributed by atoms with Gasteiger partial charge < -0.3 is 5.32 Å². The predicted molar refractivity (Wildman–Crippen MR) is 85.6 cm³/mol. The van der Waals surface area contributed by atoms with Gasteiger partial charge in [-0.2, -0.15) is 4.31 Å². The van der Waals surface area contributed by atoms with Crippen LogP contribution in [0.25, 0.3) is 0 Å². The van der Waals surface area contributed by atoms with Crippen molar-refractivity contribution in [1.82, 2.24) is 9.62 Å². The third-order valence-corrected chi connectivity index (χ3v) is 5.34. The highest BCUT2D eigenvalue weighted by Crippen LogP contribution is 2.23. The molecule has 0 radical (unpaired) electrons. The summed E-state index contributed by atoms with van der Waals surface area (Å²) in [6, 6.07) is -0.0103. The number of sulfonamides is 1. The van der Waals surface area contributed by atoms with Crippen LogP contribution in [0.1, 0.15) is 64.7 Å². The van der Waals surface area contributed by atoms with Crippen LogP contribution in [0, 0.1) is 0 Å². The number of nitrogens with one attached hydrogen (secondary N) is 1. The quantitative estimate of drug-likeness (QED) is 0.551. The second kappa shape index (κ2) is 9.41. The standard InChI is InChI=1S/C15H30N2O3S/c1-3-4-9-12-16-15(18)13-17(21(2,19)20)14-10-7-5-6-8-11-14/h14H,3-13H2,1-2H3,(H,16,18). The van der Waals surface area contributed by atoms with E-state index in [4.69, 9.17) is 0 Å².